The van der Waals surface area contributed by atoms with Crippen LogP contribution in [0.3, 0.4) is 0 Å². The molecule has 0 aliphatic rings. The highest BCUT2D eigenvalue weighted by atomic mass is 79.9. The second-order valence-electron chi connectivity index (χ2n) is 5.55. The van der Waals surface area contributed by atoms with Gasteiger partial charge in [-0.25, -0.2) is 0 Å². The lowest BCUT2D eigenvalue weighted by atomic mass is 10.1. The van der Waals surface area contributed by atoms with Gasteiger partial charge in [-0.2, -0.15) is 0 Å². The summed E-state index contributed by atoms with van der Waals surface area (Å²) < 4.78 is 2.93. The lowest BCUT2D eigenvalue weighted by Gasteiger charge is -2.18. The van der Waals surface area contributed by atoms with Crippen LogP contribution in [-0.4, -0.2) is 16.5 Å². The molecule has 18 heavy (non-hydrogen) atoms. The van der Waals surface area contributed by atoms with Gasteiger partial charge in [0.15, 0.2) is 0 Å². The first-order chi connectivity index (χ1) is 8.31. The number of rotatable bonds is 5. The van der Waals surface area contributed by atoms with Crippen molar-refractivity contribution in [1.29, 1.82) is 0 Å². The van der Waals surface area contributed by atoms with Gasteiger partial charge in [-0.3, -0.25) is 4.79 Å². The normalized spacial score (nSPS) is 13.1. The summed E-state index contributed by atoms with van der Waals surface area (Å²) in [5, 5.41) is 3.06. The van der Waals surface area contributed by atoms with Crippen LogP contribution in [0.15, 0.2) is 16.7 Å². The molecule has 4 heteroatoms. The third kappa shape index (κ3) is 4.16. The van der Waals surface area contributed by atoms with Crippen molar-refractivity contribution in [3.8, 4) is 0 Å². The van der Waals surface area contributed by atoms with Crippen LogP contribution in [0.1, 0.15) is 57.6 Å². The summed E-state index contributed by atoms with van der Waals surface area (Å²) in [5.41, 5.74) is 0.715. The highest BCUT2D eigenvalue weighted by Gasteiger charge is 2.17. The first kappa shape index (κ1) is 15.3. The predicted molar refractivity (Wildman–Crippen MR) is 78.9 cm³/mol. The molecule has 1 unspecified atom stereocenters. The van der Waals surface area contributed by atoms with Crippen LogP contribution >= 0.6 is 15.9 Å². The molecule has 1 heterocycles. The quantitative estimate of drug-likeness (QED) is 0.875. The number of halogens is 1. The number of hydrogen-bond acceptors (Lipinski definition) is 1. The maximum Gasteiger partial charge on any atom is 0.268 e. The van der Waals surface area contributed by atoms with E-state index in [1.165, 1.54) is 0 Å². The van der Waals surface area contributed by atoms with E-state index in [1.54, 1.807) is 0 Å². The second-order valence-corrected chi connectivity index (χ2v) is 6.46. The van der Waals surface area contributed by atoms with Crippen LogP contribution in [0.25, 0.3) is 0 Å². The standard InChI is InChI=1S/C14H23BrN2O/c1-9(2)6-11(5)16-14(18)13-7-12(15)8-17(13)10(3)4/h7-11H,6H2,1-5H3,(H,16,18). The molecule has 1 rings (SSSR count). The fourth-order valence-corrected chi connectivity index (χ4v) is 2.56. The third-order valence-electron chi connectivity index (χ3n) is 2.81. The van der Waals surface area contributed by atoms with Gasteiger partial charge in [-0.15, -0.1) is 0 Å². The Morgan fingerprint density at radius 1 is 1.33 bits per heavy atom. The van der Waals surface area contributed by atoms with Crippen LogP contribution in [0.5, 0.6) is 0 Å². The number of hydrogen-bond donors (Lipinski definition) is 1. The summed E-state index contributed by atoms with van der Waals surface area (Å²) in [7, 11) is 0. The van der Waals surface area contributed by atoms with Crippen LogP contribution in [0.2, 0.25) is 0 Å². The number of carbonyl (C=O) groups excluding carboxylic acids is 1. The van der Waals surface area contributed by atoms with E-state index in [0.717, 1.165) is 10.9 Å². The van der Waals surface area contributed by atoms with Gasteiger partial charge < -0.3 is 9.88 Å². The Labute approximate surface area is 118 Å². The van der Waals surface area contributed by atoms with Crippen molar-refractivity contribution in [1.82, 2.24) is 9.88 Å². The van der Waals surface area contributed by atoms with E-state index in [9.17, 15) is 4.79 Å². The summed E-state index contributed by atoms with van der Waals surface area (Å²) in [6, 6.07) is 2.35. The molecule has 102 valence electrons. The molecule has 3 nitrogen and oxygen atoms in total. The lowest BCUT2D eigenvalue weighted by molar-refractivity contribution is 0.0925. The summed E-state index contributed by atoms with van der Waals surface area (Å²) in [5.74, 6) is 0.589. The largest absolute Gasteiger partial charge is 0.348 e. The Kier molecular flexibility index (Phi) is 5.45. The predicted octanol–water partition coefficient (Wildman–Crippen LogP) is 4.00. The Hall–Kier alpha value is -0.770. The average molecular weight is 315 g/mol. The van der Waals surface area contributed by atoms with Gasteiger partial charge in [0.25, 0.3) is 5.91 Å². The Morgan fingerprint density at radius 3 is 2.44 bits per heavy atom. The van der Waals surface area contributed by atoms with Gasteiger partial charge in [-0.05, 0) is 55.1 Å². The fourth-order valence-electron chi connectivity index (χ4n) is 2.12. The van der Waals surface area contributed by atoms with E-state index < -0.39 is 0 Å². The topological polar surface area (TPSA) is 34.0 Å². The zero-order chi connectivity index (χ0) is 13.9. The van der Waals surface area contributed by atoms with Crippen molar-refractivity contribution in [2.45, 2.75) is 53.1 Å². The number of aromatic nitrogens is 1. The molecule has 1 N–H and O–H groups in total. The molecule has 1 atom stereocenters. The second kappa shape index (κ2) is 6.41. The first-order valence-electron chi connectivity index (χ1n) is 6.49. The lowest BCUT2D eigenvalue weighted by Crippen LogP contribution is -2.34. The van der Waals surface area contributed by atoms with Gasteiger partial charge >= 0.3 is 0 Å². The highest BCUT2D eigenvalue weighted by Crippen LogP contribution is 2.19. The zero-order valence-corrected chi connectivity index (χ0v) is 13.4. The number of nitrogens with one attached hydrogen (secondary N) is 1. The van der Waals surface area contributed by atoms with Crippen molar-refractivity contribution in [2.75, 3.05) is 0 Å². The molecule has 0 aromatic carbocycles. The molecule has 0 aliphatic carbocycles. The maximum absolute atomic E-state index is 12.2. The minimum absolute atomic E-state index is 0.00236. The molecule has 0 spiro atoms. The molecule has 0 saturated heterocycles. The Morgan fingerprint density at radius 2 is 1.94 bits per heavy atom. The molecule has 0 saturated carbocycles. The van der Waals surface area contributed by atoms with E-state index in [2.05, 4.69) is 55.9 Å². The zero-order valence-electron chi connectivity index (χ0n) is 11.8. The summed E-state index contributed by atoms with van der Waals surface area (Å²) in [6.45, 7) is 10.5. The Bertz CT molecular complexity index is 410. The van der Waals surface area contributed by atoms with Crippen LogP contribution in [0, 0.1) is 5.92 Å². The van der Waals surface area contributed by atoms with E-state index in [4.69, 9.17) is 0 Å². The first-order valence-corrected chi connectivity index (χ1v) is 7.28. The molecule has 0 bridgehead atoms. The van der Waals surface area contributed by atoms with Crippen molar-refractivity contribution < 1.29 is 4.79 Å². The maximum atomic E-state index is 12.2. The van der Waals surface area contributed by atoms with Gasteiger partial charge in [0.05, 0.1) is 0 Å². The van der Waals surface area contributed by atoms with E-state index in [1.807, 2.05) is 16.8 Å². The smallest absolute Gasteiger partial charge is 0.268 e. The van der Waals surface area contributed by atoms with Gasteiger partial charge in [0.2, 0.25) is 0 Å². The van der Waals surface area contributed by atoms with Crippen molar-refractivity contribution in [3.05, 3.63) is 22.4 Å². The molecule has 0 aliphatic heterocycles. The van der Waals surface area contributed by atoms with Crippen LogP contribution in [0.4, 0.5) is 0 Å². The molecule has 1 aromatic heterocycles. The molecule has 1 aromatic rings. The van der Waals surface area contributed by atoms with Gasteiger partial charge in [0, 0.05) is 22.8 Å². The minimum Gasteiger partial charge on any atom is -0.348 e. The van der Waals surface area contributed by atoms with Crippen molar-refractivity contribution >= 4 is 21.8 Å². The minimum atomic E-state index is 0.00236. The number of amides is 1. The third-order valence-corrected chi connectivity index (χ3v) is 3.24. The van der Waals surface area contributed by atoms with E-state index in [-0.39, 0.29) is 18.0 Å². The highest BCUT2D eigenvalue weighted by molar-refractivity contribution is 9.10. The van der Waals surface area contributed by atoms with Crippen molar-refractivity contribution in [3.63, 3.8) is 0 Å². The van der Waals surface area contributed by atoms with E-state index in [0.29, 0.717) is 11.6 Å². The average Bonchev–Trinajstić information content (AvgIpc) is 2.58. The molecule has 0 radical (unpaired) electrons. The molecule has 0 fully saturated rings. The van der Waals surface area contributed by atoms with Gasteiger partial charge in [-0.1, -0.05) is 13.8 Å². The Balaban J connectivity index is 2.78. The van der Waals surface area contributed by atoms with E-state index >= 15 is 0 Å². The monoisotopic (exact) mass is 314 g/mol. The van der Waals surface area contributed by atoms with Crippen LogP contribution in [-0.2, 0) is 0 Å². The van der Waals surface area contributed by atoms with Crippen molar-refractivity contribution in [2.24, 2.45) is 5.92 Å². The SMILES string of the molecule is CC(C)CC(C)NC(=O)c1cc(Br)cn1C(C)C. The van der Waals surface area contributed by atoms with Crippen LogP contribution < -0.4 is 5.32 Å². The summed E-state index contributed by atoms with van der Waals surface area (Å²) in [6.07, 6.45) is 2.95. The molecule has 1 amide bonds. The van der Waals surface area contributed by atoms with Gasteiger partial charge in [0.1, 0.15) is 5.69 Å². The fraction of sp³-hybridized carbons (Fsp3) is 0.643. The molecular weight excluding hydrogens is 292 g/mol. The summed E-state index contributed by atoms with van der Waals surface area (Å²) >= 11 is 3.43. The number of nitrogens with zero attached hydrogens (tertiary/aromatic N) is 1. The molecular formula is C14H23BrN2O. The summed E-state index contributed by atoms with van der Waals surface area (Å²) in [4.78, 5) is 12.2. The number of carbonyl (C=O) groups is 1.